The summed E-state index contributed by atoms with van der Waals surface area (Å²) in [5, 5.41) is 14.2. The Morgan fingerprint density at radius 3 is 2.29 bits per heavy atom. The van der Waals surface area contributed by atoms with Crippen LogP contribution in [0.1, 0.15) is 23.6 Å². The van der Waals surface area contributed by atoms with Gasteiger partial charge in [-0.2, -0.15) is 0 Å². The minimum absolute atomic E-state index is 0.0734. The summed E-state index contributed by atoms with van der Waals surface area (Å²) < 4.78 is 5.66. The van der Waals surface area contributed by atoms with Crippen LogP contribution in [-0.2, 0) is 9.59 Å². The van der Waals surface area contributed by atoms with Crippen molar-refractivity contribution in [2.45, 2.75) is 20.8 Å². The number of para-hydroxylation sites is 2. The number of carbonyl (C=O) groups is 2. The van der Waals surface area contributed by atoms with Gasteiger partial charge in [-0.15, -0.1) is 0 Å². The number of nitro groups is 1. The van der Waals surface area contributed by atoms with Gasteiger partial charge in [0.1, 0.15) is 11.4 Å². The highest BCUT2D eigenvalue weighted by Gasteiger charge is 2.40. The van der Waals surface area contributed by atoms with Crippen LogP contribution in [0.25, 0.3) is 5.57 Å². The minimum atomic E-state index is -0.520. The fourth-order valence-electron chi connectivity index (χ4n) is 3.75. The number of rotatable bonds is 7. The molecule has 172 valence electrons. The molecule has 1 N–H and O–H groups in total. The number of aryl methyl sites for hydroxylation is 2. The normalized spacial score (nSPS) is 13.4. The van der Waals surface area contributed by atoms with Crippen molar-refractivity contribution in [1.82, 2.24) is 0 Å². The number of hydrogen-bond donors (Lipinski definition) is 1. The smallest absolute Gasteiger partial charge is 0.282 e. The van der Waals surface area contributed by atoms with Crippen molar-refractivity contribution in [3.8, 4) is 5.75 Å². The summed E-state index contributed by atoms with van der Waals surface area (Å²) >= 11 is 0. The van der Waals surface area contributed by atoms with E-state index in [1.165, 1.54) is 24.3 Å². The summed E-state index contributed by atoms with van der Waals surface area (Å²) in [6, 6.07) is 18.0. The van der Waals surface area contributed by atoms with E-state index in [0.717, 1.165) is 16.0 Å². The molecule has 0 saturated heterocycles. The number of non-ortho nitro benzene ring substituents is 1. The molecule has 34 heavy (non-hydrogen) atoms. The maximum absolute atomic E-state index is 13.6. The SMILES string of the molecule is CCOc1ccccc1NC1=C(c2ccc([N+](=O)[O-])cc2)C(=O)N(c2ccc(C)c(C)c2)C1=O. The predicted octanol–water partition coefficient (Wildman–Crippen LogP) is 5.01. The van der Waals surface area contributed by atoms with Crippen molar-refractivity contribution in [3.05, 3.63) is 99.2 Å². The second-order valence-electron chi connectivity index (χ2n) is 7.82. The third-order valence-electron chi connectivity index (χ3n) is 5.65. The highest BCUT2D eigenvalue weighted by atomic mass is 16.6. The summed E-state index contributed by atoms with van der Waals surface area (Å²) in [6.07, 6.45) is 0. The average molecular weight is 457 g/mol. The zero-order valence-electron chi connectivity index (χ0n) is 19.0. The highest BCUT2D eigenvalue weighted by molar-refractivity contribution is 6.46. The lowest BCUT2D eigenvalue weighted by Gasteiger charge is -2.17. The molecule has 2 amide bonds. The van der Waals surface area contributed by atoms with Crippen molar-refractivity contribution in [1.29, 1.82) is 0 Å². The Morgan fingerprint density at radius 1 is 0.941 bits per heavy atom. The molecule has 0 atom stereocenters. The number of nitrogens with zero attached hydrogens (tertiary/aromatic N) is 2. The van der Waals surface area contributed by atoms with E-state index in [1.807, 2.05) is 32.9 Å². The van der Waals surface area contributed by atoms with Gasteiger partial charge in [-0.25, -0.2) is 4.90 Å². The molecule has 0 radical (unpaired) electrons. The molecule has 4 rings (SSSR count). The first kappa shape index (κ1) is 22.7. The van der Waals surface area contributed by atoms with Crippen LogP contribution in [0.3, 0.4) is 0 Å². The van der Waals surface area contributed by atoms with Crippen LogP contribution >= 0.6 is 0 Å². The standard InChI is InChI=1S/C26H23N3O5/c1-4-34-22-8-6-5-7-21(22)27-24-23(18-10-13-19(14-11-18)29(32)33)25(30)28(26(24)31)20-12-9-16(2)17(3)15-20/h5-15,27H,4H2,1-3H3. The van der Waals surface area contributed by atoms with Gasteiger partial charge in [-0.1, -0.05) is 18.2 Å². The summed E-state index contributed by atoms with van der Waals surface area (Å²) in [5.74, 6) is -0.503. The number of anilines is 2. The number of nitro benzene ring substituents is 1. The van der Waals surface area contributed by atoms with E-state index in [2.05, 4.69) is 5.32 Å². The Balaban J connectivity index is 1.84. The number of amides is 2. The van der Waals surface area contributed by atoms with Crippen molar-refractivity contribution >= 4 is 34.4 Å². The molecule has 0 spiro atoms. The van der Waals surface area contributed by atoms with E-state index in [1.54, 1.807) is 30.3 Å². The Kier molecular flexibility index (Phi) is 6.14. The molecule has 3 aromatic rings. The van der Waals surface area contributed by atoms with Crippen molar-refractivity contribution in [3.63, 3.8) is 0 Å². The van der Waals surface area contributed by atoms with Crippen LogP contribution in [0.4, 0.5) is 17.1 Å². The van der Waals surface area contributed by atoms with Gasteiger partial charge < -0.3 is 10.1 Å². The lowest BCUT2D eigenvalue weighted by molar-refractivity contribution is -0.384. The van der Waals surface area contributed by atoms with Crippen LogP contribution in [0.15, 0.2) is 72.4 Å². The summed E-state index contributed by atoms with van der Waals surface area (Å²) in [4.78, 5) is 38.9. The summed E-state index contributed by atoms with van der Waals surface area (Å²) in [6.45, 7) is 6.13. The average Bonchev–Trinajstić information content (AvgIpc) is 3.06. The van der Waals surface area contributed by atoms with Gasteiger partial charge in [0.15, 0.2) is 0 Å². The topological polar surface area (TPSA) is 102 Å². The number of benzene rings is 3. The first-order valence-corrected chi connectivity index (χ1v) is 10.8. The molecule has 1 aliphatic heterocycles. The first-order valence-electron chi connectivity index (χ1n) is 10.8. The Morgan fingerprint density at radius 2 is 1.65 bits per heavy atom. The van der Waals surface area contributed by atoms with Crippen LogP contribution in [0.2, 0.25) is 0 Å². The fourth-order valence-corrected chi connectivity index (χ4v) is 3.75. The lowest BCUT2D eigenvalue weighted by atomic mass is 10.0. The lowest BCUT2D eigenvalue weighted by Crippen LogP contribution is -2.32. The molecule has 8 nitrogen and oxygen atoms in total. The van der Waals surface area contributed by atoms with Crippen molar-refractivity contribution in [2.24, 2.45) is 0 Å². The van der Waals surface area contributed by atoms with Gasteiger partial charge in [-0.05, 0) is 73.9 Å². The van der Waals surface area contributed by atoms with Crippen LogP contribution < -0.4 is 15.0 Å². The largest absolute Gasteiger partial charge is 0.492 e. The molecule has 1 aliphatic rings. The van der Waals surface area contributed by atoms with Gasteiger partial charge in [-0.3, -0.25) is 19.7 Å². The summed E-state index contributed by atoms with van der Waals surface area (Å²) in [7, 11) is 0. The molecular formula is C26H23N3O5. The monoisotopic (exact) mass is 457 g/mol. The molecule has 0 unspecified atom stereocenters. The van der Waals surface area contributed by atoms with Crippen LogP contribution in [0.5, 0.6) is 5.75 Å². The molecule has 0 aromatic heterocycles. The van der Waals surface area contributed by atoms with E-state index < -0.39 is 16.7 Å². The number of imide groups is 1. The van der Waals surface area contributed by atoms with Gasteiger partial charge in [0.25, 0.3) is 17.5 Å². The molecule has 0 aliphatic carbocycles. The number of nitrogens with one attached hydrogen (secondary N) is 1. The van der Waals surface area contributed by atoms with Gasteiger partial charge >= 0.3 is 0 Å². The zero-order chi connectivity index (χ0) is 24.4. The molecule has 0 bridgehead atoms. The molecule has 0 saturated carbocycles. The van der Waals surface area contributed by atoms with E-state index in [-0.39, 0.29) is 17.0 Å². The molecule has 3 aromatic carbocycles. The van der Waals surface area contributed by atoms with Crippen LogP contribution in [-0.4, -0.2) is 23.3 Å². The number of carbonyl (C=O) groups excluding carboxylic acids is 2. The quantitative estimate of drug-likeness (QED) is 0.304. The van der Waals surface area contributed by atoms with E-state index in [9.17, 15) is 19.7 Å². The Bertz CT molecular complexity index is 1330. The zero-order valence-corrected chi connectivity index (χ0v) is 19.0. The number of hydrogen-bond acceptors (Lipinski definition) is 6. The second kappa shape index (κ2) is 9.19. The van der Waals surface area contributed by atoms with Gasteiger partial charge in [0.05, 0.1) is 28.5 Å². The second-order valence-corrected chi connectivity index (χ2v) is 7.82. The Hall–Kier alpha value is -4.46. The molecule has 8 heteroatoms. The first-order chi connectivity index (χ1) is 16.3. The predicted molar refractivity (Wildman–Crippen MR) is 130 cm³/mol. The minimum Gasteiger partial charge on any atom is -0.492 e. The van der Waals surface area contributed by atoms with E-state index in [4.69, 9.17) is 4.74 Å². The van der Waals surface area contributed by atoms with Crippen molar-refractivity contribution < 1.29 is 19.2 Å². The van der Waals surface area contributed by atoms with Gasteiger partial charge in [0.2, 0.25) is 0 Å². The third kappa shape index (κ3) is 4.13. The maximum Gasteiger partial charge on any atom is 0.282 e. The van der Waals surface area contributed by atoms with Crippen LogP contribution in [0, 0.1) is 24.0 Å². The van der Waals surface area contributed by atoms with E-state index in [0.29, 0.717) is 29.3 Å². The molecule has 1 heterocycles. The van der Waals surface area contributed by atoms with E-state index >= 15 is 0 Å². The number of ether oxygens (including phenoxy) is 1. The highest BCUT2D eigenvalue weighted by Crippen LogP contribution is 2.36. The fraction of sp³-hybridized carbons (Fsp3) is 0.154. The Labute approximate surface area is 196 Å². The molecule has 0 fully saturated rings. The van der Waals surface area contributed by atoms with Gasteiger partial charge in [0, 0.05) is 12.1 Å². The maximum atomic E-state index is 13.6. The third-order valence-corrected chi connectivity index (χ3v) is 5.65. The van der Waals surface area contributed by atoms with Crippen molar-refractivity contribution in [2.75, 3.05) is 16.8 Å². The summed E-state index contributed by atoms with van der Waals surface area (Å²) in [5.41, 5.74) is 3.45. The molecular weight excluding hydrogens is 434 g/mol.